The summed E-state index contributed by atoms with van der Waals surface area (Å²) in [4.78, 5) is 12.2. The first-order chi connectivity index (χ1) is 11.6. The highest BCUT2D eigenvalue weighted by atomic mass is 32.2. The van der Waals surface area contributed by atoms with Crippen LogP contribution < -0.4 is 10.1 Å². The number of aryl methyl sites for hydroxylation is 1. The average Bonchev–Trinajstić information content (AvgIpc) is 2.61. The van der Waals surface area contributed by atoms with Gasteiger partial charge in [0.2, 0.25) is 5.91 Å². The van der Waals surface area contributed by atoms with Gasteiger partial charge in [0.1, 0.15) is 5.75 Å². The number of rotatable bonds is 8. The minimum atomic E-state index is 0.0440. The Morgan fingerprint density at radius 2 is 1.88 bits per heavy atom. The van der Waals surface area contributed by atoms with E-state index in [4.69, 9.17) is 4.74 Å². The molecular formula is C20H25NO2S. The molecule has 0 aliphatic heterocycles. The molecule has 2 aromatic carbocycles. The van der Waals surface area contributed by atoms with E-state index in [1.807, 2.05) is 36.4 Å². The van der Waals surface area contributed by atoms with Crippen LogP contribution >= 0.6 is 11.8 Å². The molecular weight excluding hydrogens is 318 g/mol. The van der Waals surface area contributed by atoms with Gasteiger partial charge in [-0.2, -0.15) is 0 Å². The van der Waals surface area contributed by atoms with E-state index in [-0.39, 0.29) is 11.9 Å². The number of nitrogens with one attached hydrogen (secondary N) is 1. The topological polar surface area (TPSA) is 38.3 Å². The Hall–Kier alpha value is -1.94. The molecule has 0 spiro atoms. The van der Waals surface area contributed by atoms with E-state index in [2.05, 4.69) is 31.3 Å². The summed E-state index contributed by atoms with van der Waals surface area (Å²) in [5, 5.41) is 3.12. The second-order valence-corrected chi connectivity index (χ2v) is 6.71. The Labute approximate surface area is 148 Å². The molecule has 0 aromatic heterocycles. The van der Waals surface area contributed by atoms with Crippen molar-refractivity contribution in [3.8, 4) is 5.75 Å². The maximum absolute atomic E-state index is 12.2. The largest absolute Gasteiger partial charge is 0.497 e. The first-order valence-corrected chi connectivity index (χ1v) is 9.35. The van der Waals surface area contributed by atoms with Crippen LogP contribution in [-0.2, 0) is 10.5 Å². The van der Waals surface area contributed by atoms with Crippen LogP contribution in [-0.4, -0.2) is 18.8 Å². The highest BCUT2D eigenvalue weighted by molar-refractivity contribution is 7.99. The molecule has 24 heavy (non-hydrogen) atoms. The minimum Gasteiger partial charge on any atom is -0.497 e. The molecule has 0 fully saturated rings. The third-order valence-electron chi connectivity index (χ3n) is 4.01. The fraction of sp³-hybridized carbons (Fsp3) is 0.350. The van der Waals surface area contributed by atoms with E-state index in [0.29, 0.717) is 5.75 Å². The second kappa shape index (κ2) is 9.38. The van der Waals surface area contributed by atoms with Crippen LogP contribution in [0.5, 0.6) is 5.75 Å². The maximum Gasteiger partial charge on any atom is 0.230 e. The highest BCUT2D eigenvalue weighted by Crippen LogP contribution is 2.21. The van der Waals surface area contributed by atoms with Crippen LogP contribution in [0.2, 0.25) is 0 Å². The molecule has 0 aliphatic carbocycles. The summed E-state index contributed by atoms with van der Waals surface area (Å²) in [7, 11) is 1.65. The Morgan fingerprint density at radius 3 is 2.50 bits per heavy atom. The summed E-state index contributed by atoms with van der Waals surface area (Å²) in [6, 6.07) is 16.2. The van der Waals surface area contributed by atoms with Gasteiger partial charge in [0, 0.05) is 5.75 Å². The third-order valence-corrected chi connectivity index (χ3v) is 5.00. The predicted octanol–water partition coefficient (Wildman–Crippen LogP) is 4.50. The van der Waals surface area contributed by atoms with Gasteiger partial charge < -0.3 is 10.1 Å². The van der Waals surface area contributed by atoms with E-state index in [9.17, 15) is 4.79 Å². The minimum absolute atomic E-state index is 0.0440. The van der Waals surface area contributed by atoms with Crippen molar-refractivity contribution in [2.45, 2.75) is 32.1 Å². The van der Waals surface area contributed by atoms with Gasteiger partial charge in [0.15, 0.2) is 0 Å². The van der Waals surface area contributed by atoms with Crippen molar-refractivity contribution in [2.24, 2.45) is 0 Å². The van der Waals surface area contributed by atoms with Crippen LogP contribution in [0.1, 0.15) is 36.1 Å². The normalized spacial score (nSPS) is 11.8. The molecule has 0 aliphatic rings. The molecule has 0 bridgehead atoms. The zero-order valence-corrected chi connectivity index (χ0v) is 15.4. The molecule has 0 saturated heterocycles. The first kappa shape index (κ1) is 18.4. The summed E-state index contributed by atoms with van der Waals surface area (Å²) in [6.07, 6.45) is 0.862. The highest BCUT2D eigenvalue weighted by Gasteiger charge is 2.13. The predicted molar refractivity (Wildman–Crippen MR) is 102 cm³/mol. The zero-order valence-electron chi connectivity index (χ0n) is 14.5. The van der Waals surface area contributed by atoms with Gasteiger partial charge in [-0.05, 0) is 42.2 Å². The van der Waals surface area contributed by atoms with Crippen molar-refractivity contribution in [1.82, 2.24) is 5.32 Å². The lowest BCUT2D eigenvalue weighted by atomic mass is 10.0. The van der Waals surface area contributed by atoms with Crippen molar-refractivity contribution in [3.05, 3.63) is 65.2 Å². The molecule has 2 rings (SSSR count). The van der Waals surface area contributed by atoms with Crippen LogP contribution in [0.4, 0.5) is 0 Å². The summed E-state index contributed by atoms with van der Waals surface area (Å²) >= 11 is 1.65. The number of methoxy groups -OCH3 is 1. The number of carbonyl (C=O) groups is 1. The van der Waals surface area contributed by atoms with E-state index >= 15 is 0 Å². The molecule has 128 valence electrons. The number of benzene rings is 2. The second-order valence-electron chi connectivity index (χ2n) is 5.72. The Morgan fingerprint density at radius 1 is 1.17 bits per heavy atom. The quantitative estimate of drug-likeness (QED) is 0.767. The van der Waals surface area contributed by atoms with Gasteiger partial charge in [-0.15, -0.1) is 11.8 Å². The summed E-state index contributed by atoms with van der Waals surface area (Å²) in [6.45, 7) is 4.18. The lowest BCUT2D eigenvalue weighted by molar-refractivity contribution is -0.119. The van der Waals surface area contributed by atoms with Crippen molar-refractivity contribution in [1.29, 1.82) is 0 Å². The van der Waals surface area contributed by atoms with E-state index in [1.54, 1.807) is 18.9 Å². The number of ether oxygens (including phenoxy) is 1. The van der Waals surface area contributed by atoms with Crippen LogP contribution in [0.15, 0.2) is 48.5 Å². The molecule has 1 atom stereocenters. The number of hydrogen-bond donors (Lipinski definition) is 1. The van der Waals surface area contributed by atoms with E-state index in [0.717, 1.165) is 23.5 Å². The summed E-state index contributed by atoms with van der Waals surface area (Å²) < 4.78 is 5.18. The van der Waals surface area contributed by atoms with Gasteiger partial charge in [0.25, 0.3) is 0 Å². The average molecular weight is 343 g/mol. The summed E-state index contributed by atoms with van der Waals surface area (Å²) in [5.41, 5.74) is 3.67. The fourth-order valence-corrected chi connectivity index (χ4v) is 3.43. The number of thioether (sulfide) groups is 1. The van der Waals surface area contributed by atoms with Gasteiger partial charge >= 0.3 is 0 Å². The lowest BCUT2D eigenvalue weighted by Crippen LogP contribution is -2.29. The van der Waals surface area contributed by atoms with Crippen molar-refractivity contribution in [3.63, 3.8) is 0 Å². The SMILES string of the molecule is CC[C@H](NC(=O)CSCc1ccccc1C)c1ccc(OC)cc1. The molecule has 0 heterocycles. The van der Waals surface area contributed by atoms with Gasteiger partial charge in [0.05, 0.1) is 18.9 Å². The lowest BCUT2D eigenvalue weighted by Gasteiger charge is -2.18. The molecule has 0 unspecified atom stereocenters. The van der Waals surface area contributed by atoms with Crippen molar-refractivity contribution in [2.75, 3.05) is 12.9 Å². The molecule has 2 aromatic rings. The van der Waals surface area contributed by atoms with Gasteiger partial charge in [-0.25, -0.2) is 0 Å². The fourth-order valence-electron chi connectivity index (χ4n) is 2.52. The van der Waals surface area contributed by atoms with E-state index in [1.165, 1.54) is 11.1 Å². The molecule has 1 amide bonds. The van der Waals surface area contributed by atoms with Crippen molar-refractivity contribution >= 4 is 17.7 Å². The van der Waals surface area contributed by atoms with E-state index < -0.39 is 0 Å². The number of hydrogen-bond acceptors (Lipinski definition) is 3. The monoisotopic (exact) mass is 343 g/mol. The Balaban J connectivity index is 1.84. The summed E-state index contributed by atoms with van der Waals surface area (Å²) in [5.74, 6) is 2.24. The molecule has 4 heteroatoms. The van der Waals surface area contributed by atoms with Crippen molar-refractivity contribution < 1.29 is 9.53 Å². The molecule has 3 nitrogen and oxygen atoms in total. The van der Waals surface area contributed by atoms with Crippen LogP contribution in [0.3, 0.4) is 0 Å². The zero-order chi connectivity index (χ0) is 17.4. The Bertz CT molecular complexity index is 655. The molecule has 0 saturated carbocycles. The van der Waals surface area contributed by atoms with Crippen LogP contribution in [0.25, 0.3) is 0 Å². The number of carbonyl (C=O) groups excluding carboxylic acids is 1. The smallest absolute Gasteiger partial charge is 0.230 e. The number of amides is 1. The van der Waals surface area contributed by atoms with Gasteiger partial charge in [-0.3, -0.25) is 4.79 Å². The standard InChI is InChI=1S/C20H25NO2S/c1-4-19(16-9-11-18(23-3)12-10-16)21-20(22)14-24-13-17-8-6-5-7-15(17)2/h5-12,19H,4,13-14H2,1-3H3,(H,21,22)/t19-/m0/s1. The maximum atomic E-state index is 12.2. The van der Waals surface area contributed by atoms with Gasteiger partial charge in [-0.1, -0.05) is 43.3 Å². The molecule has 0 radical (unpaired) electrons. The van der Waals surface area contributed by atoms with Crippen LogP contribution in [0, 0.1) is 6.92 Å². The molecule has 1 N–H and O–H groups in total. The first-order valence-electron chi connectivity index (χ1n) is 8.19. The third kappa shape index (κ3) is 5.31. The Kier molecular flexibility index (Phi) is 7.19.